The number of halogens is 2. The van der Waals surface area contributed by atoms with E-state index in [0.29, 0.717) is 10.0 Å². The second-order valence-electron chi connectivity index (χ2n) is 3.23. The van der Waals surface area contributed by atoms with E-state index in [1.54, 1.807) is 12.3 Å². The number of pyridine rings is 1. The molecule has 0 aliphatic carbocycles. The molecule has 2 aromatic rings. The van der Waals surface area contributed by atoms with Crippen LogP contribution >= 0.6 is 23.2 Å². The van der Waals surface area contributed by atoms with E-state index in [2.05, 4.69) is 11.2 Å². The number of aromatic nitrogens is 1. The molecule has 0 unspecified atom stereocenters. The highest BCUT2D eigenvalue weighted by atomic mass is 35.5. The van der Waals surface area contributed by atoms with Gasteiger partial charge in [0.05, 0.1) is 16.2 Å². The maximum atomic E-state index is 6.13. The Morgan fingerprint density at radius 1 is 1.20 bits per heavy atom. The van der Waals surface area contributed by atoms with Crippen LogP contribution in [-0.4, -0.2) is 4.98 Å². The molecule has 1 heterocycles. The van der Waals surface area contributed by atoms with Crippen molar-refractivity contribution >= 4 is 23.2 Å². The van der Waals surface area contributed by atoms with Crippen LogP contribution in [-0.2, 0) is 0 Å². The number of rotatable bonds is 1. The van der Waals surface area contributed by atoms with Crippen LogP contribution in [0.25, 0.3) is 11.1 Å². The van der Waals surface area contributed by atoms with Gasteiger partial charge in [0.25, 0.3) is 0 Å². The minimum atomic E-state index is 0.561. The van der Waals surface area contributed by atoms with E-state index in [-0.39, 0.29) is 0 Å². The second-order valence-corrected chi connectivity index (χ2v) is 4.01. The van der Waals surface area contributed by atoms with Gasteiger partial charge in [-0.1, -0.05) is 35.3 Å². The first kappa shape index (κ1) is 10.5. The van der Waals surface area contributed by atoms with Crippen molar-refractivity contribution in [2.45, 2.75) is 6.92 Å². The van der Waals surface area contributed by atoms with Gasteiger partial charge >= 0.3 is 0 Å². The first-order chi connectivity index (χ1) is 7.20. The van der Waals surface area contributed by atoms with Crippen molar-refractivity contribution in [2.24, 2.45) is 0 Å². The third-order valence-electron chi connectivity index (χ3n) is 2.21. The van der Waals surface area contributed by atoms with E-state index < -0.39 is 0 Å². The third kappa shape index (κ3) is 1.99. The molecule has 0 aliphatic heterocycles. The highest BCUT2D eigenvalue weighted by Gasteiger charge is 2.08. The molecule has 3 heteroatoms. The maximum Gasteiger partial charge on any atom is 0.0892 e. The van der Waals surface area contributed by atoms with Gasteiger partial charge in [0.2, 0.25) is 0 Å². The maximum absolute atomic E-state index is 6.13. The summed E-state index contributed by atoms with van der Waals surface area (Å²) in [7, 11) is 0. The molecule has 0 spiro atoms. The quantitative estimate of drug-likeness (QED) is 0.725. The van der Waals surface area contributed by atoms with Gasteiger partial charge in [0.15, 0.2) is 0 Å². The summed E-state index contributed by atoms with van der Waals surface area (Å²) in [6.45, 7) is 1.98. The minimum absolute atomic E-state index is 0.561. The number of nitrogens with zero attached hydrogens (tertiary/aromatic N) is 1. The van der Waals surface area contributed by atoms with Gasteiger partial charge in [-0.15, -0.1) is 0 Å². The summed E-state index contributed by atoms with van der Waals surface area (Å²) in [5.41, 5.74) is 2.98. The Bertz CT molecular complexity index is 495. The van der Waals surface area contributed by atoms with Crippen molar-refractivity contribution in [3.05, 3.63) is 52.3 Å². The molecule has 1 radical (unpaired) electrons. The molecular formula is C12H8Cl2N. The molecule has 1 nitrogen and oxygen atoms in total. The summed E-state index contributed by atoms with van der Waals surface area (Å²) in [6, 6.07) is 7.40. The van der Waals surface area contributed by atoms with E-state index in [1.807, 2.05) is 25.1 Å². The number of hydrogen-bond acceptors (Lipinski definition) is 1. The fraction of sp³-hybridized carbons (Fsp3) is 0.0833. The molecule has 1 aromatic carbocycles. The van der Waals surface area contributed by atoms with Crippen molar-refractivity contribution < 1.29 is 0 Å². The topological polar surface area (TPSA) is 12.9 Å². The summed E-state index contributed by atoms with van der Waals surface area (Å²) in [5.74, 6) is 0. The fourth-order valence-corrected chi connectivity index (χ4v) is 1.82. The summed E-state index contributed by atoms with van der Waals surface area (Å²) in [5, 5.41) is 1.13. The van der Waals surface area contributed by atoms with Gasteiger partial charge in [0, 0.05) is 11.8 Å². The molecule has 0 saturated heterocycles. The van der Waals surface area contributed by atoms with Crippen LogP contribution in [0.3, 0.4) is 0 Å². The average Bonchev–Trinajstić information content (AvgIpc) is 2.23. The molecule has 2 rings (SSSR count). The van der Waals surface area contributed by atoms with Gasteiger partial charge in [-0.05, 0) is 30.2 Å². The lowest BCUT2D eigenvalue weighted by Gasteiger charge is -2.07. The van der Waals surface area contributed by atoms with Crippen LogP contribution in [0.5, 0.6) is 0 Å². The Morgan fingerprint density at radius 3 is 2.73 bits per heavy atom. The summed E-state index contributed by atoms with van der Waals surface area (Å²) in [6.07, 6.45) is 4.55. The highest BCUT2D eigenvalue weighted by molar-refractivity contribution is 6.43. The van der Waals surface area contributed by atoms with Crippen LogP contribution < -0.4 is 0 Å². The summed E-state index contributed by atoms with van der Waals surface area (Å²) in [4.78, 5) is 3.92. The predicted octanol–water partition coefficient (Wildman–Crippen LogP) is 4.16. The first-order valence-corrected chi connectivity index (χ1v) is 5.23. The predicted molar refractivity (Wildman–Crippen MR) is 63.3 cm³/mol. The lowest BCUT2D eigenvalue weighted by molar-refractivity contribution is 1.26. The molecule has 0 amide bonds. The molecule has 0 bridgehead atoms. The molecule has 1 aromatic heterocycles. The zero-order valence-corrected chi connectivity index (χ0v) is 9.60. The number of aryl methyl sites for hydroxylation is 1. The number of hydrogen-bond donors (Lipinski definition) is 0. The van der Waals surface area contributed by atoms with E-state index >= 15 is 0 Å². The average molecular weight is 237 g/mol. The zero-order chi connectivity index (χ0) is 10.8. The van der Waals surface area contributed by atoms with Gasteiger partial charge in [-0.2, -0.15) is 0 Å². The van der Waals surface area contributed by atoms with Crippen LogP contribution in [0, 0.1) is 13.1 Å². The monoisotopic (exact) mass is 236 g/mol. The van der Waals surface area contributed by atoms with E-state index in [4.69, 9.17) is 23.2 Å². The van der Waals surface area contributed by atoms with Crippen LogP contribution in [0.4, 0.5) is 0 Å². The van der Waals surface area contributed by atoms with Gasteiger partial charge < -0.3 is 0 Å². The summed E-state index contributed by atoms with van der Waals surface area (Å²) < 4.78 is 0. The van der Waals surface area contributed by atoms with Gasteiger partial charge in [-0.3, -0.25) is 4.98 Å². The summed E-state index contributed by atoms with van der Waals surface area (Å²) >= 11 is 12.1. The van der Waals surface area contributed by atoms with Crippen molar-refractivity contribution in [1.82, 2.24) is 4.98 Å². The molecule has 0 aliphatic rings. The number of benzene rings is 1. The first-order valence-electron chi connectivity index (χ1n) is 4.47. The largest absolute Gasteiger partial charge is 0.254 e. The Morgan fingerprint density at radius 2 is 2.00 bits per heavy atom. The second kappa shape index (κ2) is 4.21. The van der Waals surface area contributed by atoms with E-state index in [1.165, 1.54) is 0 Å². The standard InChI is InChI=1S/C12H8Cl2N/c1-8-7-15-6-5-9(8)10-3-2-4-11(13)12(10)14/h2-5,7H,1H3. The Labute approximate surface area is 98.7 Å². The molecule has 0 saturated carbocycles. The highest BCUT2D eigenvalue weighted by Crippen LogP contribution is 2.34. The Balaban J connectivity index is 2.65. The molecule has 0 N–H and O–H groups in total. The molecule has 15 heavy (non-hydrogen) atoms. The lowest BCUT2D eigenvalue weighted by atomic mass is 10.0. The van der Waals surface area contributed by atoms with Crippen molar-refractivity contribution in [1.29, 1.82) is 0 Å². The van der Waals surface area contributed by atoms with Gasteiger partial charge in [0.1, 0.15) is 0 Å². The smallest absolute Gasteiger partial charge is 0.0892 e. The van der Waals surface area contributed by atoms with Crippen molar-refractivity contribution in [3.8, 4) is 11.1 Å². The van der Waals surface area contributed by atoms with E-state index in [9.17, 15) is 0 Å². The third-order valence-corrected chi connectivity index (χ3v) is 3.03. The molecule has 0 fully saturated rings. The Kier molecular flexibility index (Phi) is 2.94. The van der Waals surface area contributed by atoms with Crippen LogP contribution in [0.15, 0.2) is 30.5 Å². The SMILES string of the molecule is Cc1cn[c]cc1-c1cccc(Cl)c1Cl. The molecule has 75 valence electrons. The molecular weight excluding hydrogens is 229 g/mol. The van der Waals surface area contributed by atoms with Crippen molar-refractivity contribution in [3.63, 3.8) is 0 Å². The molecule has 0 atom stereocenters. The van der Waals surface area contributed by atoms with E-state index in [0.717, 1.165) is 16.7 Å². The minimum Gasteiger partial charge on any atom is -0.254 e. The Hall–Kier alpha value is -1.05. The lowest BCUT2D eigenvalue weighted by Crippen LogP contribution is -1.86. The van der Waals surface area contributed by atoms with Crippen LogP contribution in [0.1, 0.15) is 5.56 Å². The van der Waals surface area contributed by atoms with Crippen LogP contribution in [0.2, 0.25) is 10.0 Å². The fourth-order valence-electron chi connectivity index (χ4n) is 1.42. The normalized spacial score (nSPS) is 10.3. The van der Waals surface area contributed by atoms with Gasteiger partial charge in [-0.25, -0.2) is 0 Å². The zero-order valence-electron chi connectivity index (χ0n) is 8.09. The van der Waals surface area contributed by atoms with Crippen molar-refractivity contribution in [2.75, 3.05) is 0 Å².